The molecule has 3 heteroatoms. The van der Waals surface area contributed by atoms with Gasteiger partial charge in [0.25, 0.3) is 0 Å². The minimum Gasteiger partial charge on any atom is -0.353 e. The van der Waals surface area contributed by atoms with Gasteiger partial charge in [0.15, 0.2) is 0 Å². The largest absolute Gasteiger partial charge is 0.353 e. The number of rotatable bonds is 2. The highest BCUT2D eigenvalue weighted by Crippen LogP contribution is 2.27. The molecule has 4 atom stereocenters. The van der Waals surface area contributed by atoms with Gasteiger partial charge >= 0.3 is 0 Å². The molecule has 0 aliphatic heterocycles. The molecule has 2 saturated carbocycles. The average molecular weight is 210 g/mol. The van der Waals surface area contributed by atoms with E-state index in [0.29, 0.717) is 6.04 Å². The molecule has 15 heavy (non-hydrogen) atoms. The lowest BCUT2D eigenvalue weighted by atomic mass is 10.0. The Kier molecular flexibility index (Phi) is 3.29. The van der Waals surface area contributed by atoms with E-state index in [9.17, 15) is 4.79 Å². The second kappa shape index (κ2) is 4.52. The van der Waals surface area contributed by atoms with E-state index < -0.39 is 0 Å². The molecule has 2 aliphatic rings. The summed E-state index contributed by atoms with van der Waals surface area (Å²) in [6, 6.07) is 0.518. The third-order valence-electron chi connectivity index (χ3n) is 3.95. The van der Waals surface area contributed by atoms with Gasteiger partial charge in [0.2, 0.25) is 5.91 Å². The fourth-order valence-corrected chi connectivity index (χ4v) is 2.96. The molecule has 0 aromatic rings. The van der Waals surface area contributed by atoms with Crippen molar-refractivity contribution < 1.29 is 4.79 Å². The van der Waals surface area contributed by atoms with E-state index >= 15 is 0 Å². The highest BCUT2D eigenvalue weighted by Gasteiger charge is 2.32. The quantitative estimate of drug-likeness (QED) is 0.724. The van der Waals surface area contributed by atoms with Crippen LogP contribution in [0.4, 0.5) is 0 Å². The van der Waals surface area contributed by atoms with Crippen LogP contribution in [0.2, 0.25) is 0 Å². The van der Waals surface area contributed by atoms with Gasteiger partial charge in [-0.05, 0) is 38.0 Å². The zero-order valence-electron chi connectivity index (χ0n) is 9.54. The predicted molar refractivity (Wildman–Crippen MR) is 60.3 cm³/mol. The maximum absolute atomic E-state index is 11.9. The van der Waals surface area contributed by atoms with Crippen LogP contribution in [0, 0.1) is 11.8 Å². The van der Waals surface area contributed by atoms with Crippen molar-refractivity contribution in [3.63, 3.8) is 0 Å². The summed E-state index contributed by atoms with van der Waals surface area (Å²) in [5, 5.41) is 3.16. The van der Waals surface area contributed by atoms with Crippen LogP contribution >= 0.6 is 0 Å². The summed E-state index contributed by atoms with van der Waals surface area (Å²) < 4.78 is 0. The van der Waals surface area contributed by atoms with Crippen molar-refractivity contribution in [3.05, 3.63) is 0 Å². The highest BCUT2D eigenvalue weighted by atomic mass is 16.2. The van der Waals surface area contributed by atoms with Gasteiger partial charge < -0.3 is 11.1 Å². The molecule has 3 nitrogen and oxygen atoms in total. The van der Waals surface area contributed by atoms with Gasteiger partial charge in [-0.2, -0.15) is 0 Å². The van der Waals surface area contributed by atoms with Crippen molar-refractivity contribution in [2.24, 2.45) is 17.6 Å². The number of nitrogens with two attached hydrogens (primary N) is 1. The molecule has 0 aromatic heterocycles. The Morgan fingerprint density at radius 1 is 1.27 bits per heavy atom. The van der Waals surface area contributed by atoms with Gasteiger partial charge in [-0.25, -0.2) is 0 Å². The number of hydrogen-bond donors (Lipinski definition) is 2. The van der Waals surface area contributed by atoms with E-state index in [1.54, 1.807) is 0 Å². The average Bonchev–Trinajstić information content (AvgIpc) is 2.75. The summed E-state index contributed by atoms with van der Waals surface area (Å²) in [5.74, 6) is 1.06. The Bertz CT molecular complexity index is 242. The fraction of sp³-hybridized carbons (Fsp3) is 0.917. The Morgan fingerprint density at radius 3 is 2.60 bits per heavy atom. The SMILES string of the molecule is CC1CCC(NC(=O)C2CCCC2N)C1. The van der Waals surface area contributed by atoms with Crippen molar-refractivity contribution in [1.29, 1.82) is 0 Å². The number of amides is 1. The van der Waals surface area contributed by atoms with E-state index in [-0.39, 0.29) is 17.9 Å². The van der Waals surface area contributed by atoms with Crippen LogP contribution in [-0.2, 0) is 4.79 Å². The molecule has 1 amide bonds. The third kappa shape index (κ3) is 2.51. The van der Waals surface area contributed by atoms with Crippen molar-refractivity contribution in [2.45, 2.75) is 57.5 Å². The Labute approximate surface area is 91.8 Å². The van der Waals surface area contributed by atoms with E-state index in [4.69, 9.17) is 5.73 Å². The van der Waals surface area contributed by atoms with Crippen LogP contribution < -0.4 is 11.1 Å². The van der Waals surface area contributed by atoms with E-state index in [2.05, 4.69) is 12.2 Å². The Morgan fingerprint density at radius 2 is 2.07 bits per heavy atom. The number of carbonyl (C=O) groups excluding carboxylic acids is 1. The normalized spacial score (nSPS) is 40.7. The zero-order valence-corrected chi connectivity index (χ0v) is 9.54. The summed E-state index contributed by atoms with van der Waals surface area (Å²) in [6.45, 7) is 2.26. The monoisotopic (exact) mass is 210 g/mol. The van der Waals surface area contributed by atoms with Crippen LogP contribution in [0.15, 0.2) is 0 Å². The third-order valence-corrected chi connectivity index (χ3v) is 3.95. The summed E-state index contributed by atoms with van der Waals surface area (Å²) in [7, 11) is 0. The molecular weight excluding hydrogens is 188 g/mol. The molecule has 86 valence electrons. The van der Waals surface area contributed by atoms with Gasteiger partial charge in [0, 0.05) is 12.1 Å². The van der Waals surface area contributed by atoms with Gasteiger partial charge in [-0.15, -0.1) is 0 Å². The molecule has 0 aromatic carbocycles. The maximum atomic E-state index is 11.9. The molecule has 0 heterocycles. The van der Waals surface area contributed by atoms with E-state index in [1.165, 1.54) is 6.42 Å². The topological polar surface area (TPSA) is 55.1 Å². The molecule has 2 aliphatic carbocycles. The molecule has 2 fully saturated rings. The summed E-state index contributed by atoms with van der Waals surface area (Å²) in [5.41, 5.74) is 5.92. The number of carbonyl (C=O) groups is 1. The molecule has 0 bridgehead atoms. The minimum absolute atomic E-state index is 0.0842. The molecule has 0 spiro atoms. The maximum Gasteiger partial charge on any atom is 0.224 e. The smallest absolute Gasteiger partial charge is 0.224 e. The first kappa shape index (κ1) is 10.9. The lowest BCUT2D eigenvalue weighted by Crippen LogP contribution is -2.42. The summed E-state index contributed by atoms with van der Waals surface area (Å²) in [6.07, 6.45) is 6.65. The minimum atomic E-state index is 0.0842. The number of nitrogens with one attached hydrogen (secondary N) is 1. The molecule has 4 unspecified atom stereocenters. The highest BCUT2D eigenvalue weighted by molar-refractivity contribution is 5.80. The molecular formula is C12H22N2O. The molecule has 0 saturated heterocycles. The first-order valence-corrected chi connectivity index (χ1v) is 6.22. The standard InChI is InChI=1S/C12H22N2O/c1-8-5-6-9(7-8)14-12(15)10-3-2-4-11(10)13/h8-11H,2-7,13H2,1H3,(H,14,15). The van der Waals surface area contributed by atoms with Gasteiger partial charge in [-0.3, -0.25) is 4.79 Å². The van der Waals surface area contributed by atoms with Gasteiger partial charge in [-0.1, -0.05) is 13.3 Å². The van der Waals surface area contributed by atoms with E-state index in [1.807, 2.05) is 0 Å². The molecule has 2 rings (SSSR count). The lowest BCUT2D eigenvalue weighted by molar-refractivity contribution is -0.125. The number of hydrogen-bond acceptors (Lipinski definition) is 2. The fourth-order valence-electron chi connectivity index (χ4n) is 2.96. The Balaban J connectivity index is 1.81. The van der Waals surface area contributed by atoms with Crippen molar-refractivity contribution >= 4 is 5.91 Å². The second-order valence-electron chi connectivity index (χ2n) is 5.32. The van der Waals surface area contributed by atoms with Gasteiger partial charge in [0.1, 0.15) is 0 Å². The van der Waals surface area contributed by atoms with Gasteiger partial charge in [0.05, 0.1) is 5.92 Å². The Hall–Kier alpha value is -0.570. The summed E-state index contributed by atoms with van der Waals surface area (Å²) in [4.78, 5) is 11.9. The molecule has 0 radical (unpaired) electrons. The van der Waals surface area contributed by atoms with Crippen LogP contribution in [0.1, 0.15) is 45.4 Å². The van der Waals surface area contributed by atoms with Crippen LogP contribution in [-0.4, -0.2) is 18.0 Å². The van der Waals surface area contributed by atoms with Crippen molar-refractivity contribution in [3.8, 4) is 0 Å². The second-order valence-corrected chi connectivity index (χ2v) is 5.32. The lowest BCUT2D eigenvalue weighted by Gasteiger charge is -2.19. The first-order chi connectivity index (χ1) is 7.16. The van der Waals surface area contributed by atoms with Crippen molar-refractivity contribution in [2.75, 3.05) is 0 Å². The van der Waals surface area contributed by atoms with Crippen LogP contribution in [0.25, 0.3) is 0 Å². The van der Waals surface area contributed by atoms with Crippen molar-refractivity contribution in [1.82, 2.24) is 5.32 Å². The van der Waals surface area contributed by atoms with Crippen LogP contribution in [0.3, 0.4) is 0 Å². The van der Waals surface area contributed by atoms with E-state index in [0.717, 1.165) is 38.0 Å². The zero-order chi connectivity index (χ0) is 10.8. The summed E-state index contributed by atoms with van der Waals surface area (Å²) >= 11 is 0. The molecule has 3 N–H and O–H groups in total. The van der Waals surface area contributed by atoms with Crippen LogP contribution in [0.5, 0.6) is 0 Å². The predicted octanol–water partition coefficient (Wildman–Crippen LogP) is 1.42. The first-order valence-electron chi connectivity index (χ1n) is 6.22.